The normalized spacial score (nSPS) is 23.7. The first kappa shape index (κ1) is 20.4. The first-order valence-corrected chi connectivity index (χ1v) is 12.3. The zero-order chi connectivity index (χ0) is 20.6. The summed E-state index contributed by atoms with van der Waals surface area (Å²) >= 11 is 0. The fraction of sp³-hybridized carbons (Fsp3) is 0.591. The molecule has 7 heteroatoms. The highest BCUT2D eigenvalue weighted by molar-refractivity contribution is 7.92. The molecular weight excluding hydrogens is 386 g/mol. The number of carbonyl (C=O) groups excluding carboxylic acids is 1. The Morgan fingerprint density at radius 1 is 1.17 bits per heavy atom. The summed E-state index contributed by atoms with van der Waals surface area (Å²) < 4.78 is 27.1. The number of hydrogen-bond donors (Lipinski definition) is 2. The lowest BCUT2D eigenvalue weighted by Gasteiger charge is -2.49. The molecule has 1 aromatic carbocycles. The molecule has 1 saturated heterocycles. The lowest BCUT2D eigenvalue weighted by atomic mass is 9.87. The van der Waals surface area contributed by atoms with Crippen molar-refractivity contribution in [2.24, 2.45) is 0 Å². The molecule has 1 atom stereocenters. The van der Waals surface area contributed by atoms with Crippen molar-refractivity contribution in [3.8, 4) is 0 Å². The van der Waals surface area contributed by atoms with Crippen molar-refractivity contribution >= 4 is 21.7 Å². The molecule has 158 valence electrons. The number of hydrogen-bond acceptors (Lipinski definition) is 4. The van der Waals surface area contributed by atoms with E-state index in [4.69, 9.17) is 0 Å². The van der Waals surface area contributed by atoms with Crippen molar-refractivity contribution in [2.75, 3.05) is 18.4 Å². The van der Waals surface area contributed by atoms with Gasteiger partial charge in [0, 0.05) is 23.2 Å². The number of carbonyl (C=O) groups is 1. The molecule has 4 rings (SSSR count). The second kappa shape index (κ2) is 7.76. The Hall–Kier alpha value is -1.86. The van der Waals surface area contributed by atoms with E-state index >= 15 is 0 Å². The molecule has 3 aliphatic rings. The third-order valence-corrected chi connectivity index (χ3v) is 7.62. The zero-order valence-corrected chi connectivity index (χ0v) is 18.2. The topological polar surface area (TPSA) is 78.5 Å². The first-order chi connectivity index (χ1) is 13.8. The van der Waals surface area contributed by atoms with Crippen LogP contribution in [-0.4, -0.2) is 38.0 Å². The minimum Gasteiger partial charge on any atom is -0.307 e. The molecule has 29 heavy (non-hydrogen) atoms. The van der Waals surface area contributed by atoms with Crippen LogP contribution in [0.1, 0.15) is 61.8 Å². The van der Waals surface area contributed by atoms with Crippen LogP contribution in [0.3, 0.4) is 0 Å². The van der Waals surface area contributed by atoms with Gasteiger partial charge in [-0.15, -0.1) is 0 Å². The Morgan fingerprint density at radius 2 is 1.83 bits per heavy atom. The monoisotopic (exact) mass is 417 g/mol. The van der Waals surface area contributed by atoms with Crippen LogP contribution in [-0.2, 0) is 35.7 Å². The number of likely N-dealkylation sites (tertiary alicyclic amines) is 1. The largest absolute Gasteiger partial charge is 0.333 e. The molecule has 0 aromatic heterocycles. The molecule has 1 fully saturated rings. The van der Waals surface area contributed by atoms with E-state index in [2.05, 4.69) is 27.9 Å². The number of fused-ring (bicyclic) bond motifs is 2. The molecular formula is C22H31N3O3S. The number of rotatable bonds is 6. The second-order valence-electron chi connectivity index (χ2n) is 8.73. The van der Waals surface area contributed by atoms with Gasteiger partial charge in [0.15, 0.2) is 0 Å². The lowest BCUT2D eigenvalue weighted by molar-refractivity contribution is 0.0408. The molecule has 0 spiro atoms. The van der Waals surface area contributed by atoms with Crippen molar-refractivity contribution in [3.05, 3.63) is 39.8 Å². The number of benzene rings is 1. The summed E-state index contributed by atoms with van der Waals surface area (Å²) in [7, 11) is -3.85. The molecule has 2 amide bonds. The maximum Gasteiger partial charge on any atom is 0.333 e. The Morgan fingerprint density at radius 3 is 2.38 bits per heavy atom. The highest BCUT2D eigenvalue weighted by Crippen LogP contribution is 2.38. The van der Waals surface area contributed by atoms with Gasteiger partial charge < -0.3 is 5.32 Å². The fourth-order valence-electron chi connectivity index (χ4n) is 4.95. The zero-order valence-electron chi connectivity index (χ0n) is 17.4. The van der Waals surface area contributed by atoms with Gasteiger partial charge in [-0.1, -0.05) is 19.1 Å². The van der Waals surface area contributed by atoms with E-state index in [-0.39, 0.29) is 5.54 Å². The Kier molecular flexibility index (Phi) is 5.46. The van der Waals surface area contributed by atoms with Crippen LogP contribution < -0.4 is 10.0 Å². The van der Waals surface area contributed by atoms with Crippen LogP contribution in [0.5, 0.6) is 0 Å². The van der Waals surface area contributed by atoms with E-state index < -0.39 is 16.1 Å². The molecule has 1 heterocycles. The molecule has 2 aliphatic carbocycles. The van der Waals surface area contributed by atoms with Crippen molar-refractivity contribution in [3.63, 3.8) is 0 Å². The highest BCUT2D eigenvalue weighted by atomic mass is 32.2. The van der Waals surface area contributed by atoms with Crippen molar-refractivity contribution in [2.45, 2.75) is 70.8 Å². The summed E-state index contributed by atoms with van der Waals surface area (Å²) in [4.78, 5) is 14.8. The Labute approximate surface area is 173 Å². The van der Waals surface area contributed by atoms with E-state index in [1.807, 2.05) is 6.92 Å². The van der Waals surface area contributed by atoms with E-state index in [1.165, 1.54) is 22.3 Å². The van der Waals surface area contributed by atoms with Gasteiger partial charge in [0.25, 0.3) is 10.0 Å². The SMILES string of the molecule is CCCN1CCC1(C)C=CS(=O)(=O)NC(=O)Nc1c2c(cc3c1CCC3)CCC2. The minimum absolute atomic E-state index is 0.248. The number of anilines is 1. The molecule has 0 saturated carbocycles. The van der Waals surface area contributed by atoms with Crippen LogP contribution in [0, 0.1) is 0 Å². The van der Waals surface area contributed by atoms with Crippen LogP contribution in [0.15, 0.2) is 17.6 Å². The van der Waals surface area contributed by atoms with Gasteiger partial charge in [-0.05, 0) is 87.1 Å². The minimum atomic E-state index is -3.85. The van der Waals surface area contributed by atoms with Gasteiger partial charge in [0.1, 0.15) is 0 Å². The van der Waals surface area contributed by atoms with E-state index in [9.17, 15) is 13.2 Å². The van der Waals surface area contributed by atoms with Gasteiger partial charge in [-0.25, -0.2) is 17.9 Å². The Bertz CT molecular complexity index is 922. The first-order valence-electron chi connectivity index (χ1n) is 10.8. The van der Waals surface area contributed by atoms with Crippen LogP contribution in [0.2, 0.25) is 0 Å². The molecule has 0 radical (unpaired) electrons. The summed E-state index contributed by atoms with van der Waals surface area (Å²) in [6, 6.07) is 1.61. The second-order valence-corrected chi connectivity index (χ2v) is 10.3. The summed E-state index contributed by atoms with van der Waals surface area (Å²) in [6.07, 6.45) is 9.78. The van der Waals surface area contributed by atoms with Gasteiger partial charge in [0.2, 0.25) is 0 Å². The van der Waals surface area contributed by atoms with Crippen LogP contribution in [0.25, 0.3) is 0 Å². The fourth-order valence-corrected chi connectivity index (χ4v) is 5.80. The van der Waals surface area contributed by atoms with Gasteiger partial charge >= 0.3 is 6.03 Å². The van der Waals surface area contributed by atoms with Crippen molar-refractivity contribution in [1.29, 1.82) is 0 Å². The summed E-state index contributed by atoms with van der Waals surface area (Å²) in [5, 5.41) is 4.03. The lowest BCUT2D eigenvalue weighted by Crippen LogP contribution is -2.56. The van der Waals surface area contributed by atoms with Crippen molar-refractivity contribution < 1.29 is 13.2 Å². The number of amides is 2. The standard InChI is InChI=1S/C22H31N3O3S/c1-3-12-25-13-10-22(25,2)11-14-29(27,28)24-21(26)23-20-18-8-4-6-16(18)15-17-7-5-9-19(17)20/h11,14-15H,3-10,12-13H2,1-2H3,(H2,23,24,26). The highest BCUT2D eigenvalue weighted by Gasteiger charge is 2.37. The maximum absolute atomic E-state index is 12.6. The average molecular weight is 418 g/mol. The third-order valence-electron chi connectivity index (χ3n) is 6.66. The number of nitrogens with one attached hydrogen (secondary N) is 2. The van der Waals surface area contributed by atoms with Crippen molar-refractivity contribution in [1.82, 2.24) is 9.62 Å². The summed E-state index contributed by atoms with van der Waals surface area (Å²) in [6.45, 7) is 6.07. The number of sulfonamides is 1. The van der Waals surface area contributed by atoms with E-state index in [0.29, 0.717) is 0 Å². The van der Waals surface area contributed by atoms with Gasteiger partial charge in [0.05, 0.1) is 0 Å². The predicted molar refractivity (Wildman–Crippen MR) is 116 cm³/mol. The number of aryl methyl sites for hydroxylation is 2. The number of nitrogens with zero attached hydrogens (tertiary/aromatic N) is 1. The summed E-state index contributed by atoms with van der Waals surface area (Å²) in [5.74, 6) is 0. The molecule has 1 unspecified atom stereocenters. The molecule has 1 aromatic rings. The van der Waals surface area contributed by atoms with E-state index in [1.54, 1.807) is 6.08 Å². The Balaban J connectivity index is 1.46. The maximum atomic E-state index is 12.6. The molecule has 6 nitrogen and oxygen atoms in total. The van der Waals surface area contributed by atoms with Gasteiger partial charge in [-0.3, -0.25) is 4.90 Å². The quantitative estimate of drug-likeness (QED) is 0.743. The molecule has 0 bridgehead atoms. The van der Waals surface area contributed by atoms with Crippen LogP contribution >= 0.6 is 0 Å². The summed E-state index contributed by atoms with van der Waals surface area (Å²) in [5.41, 5.74) is 5.58. The third kappa shape index (κ3) is 4.08. The van der Waals surface area contributed by atoms with Gasteiger partial charge in [-0.2, -0.15) is 0 Å². The molecule has 1 aliphatic heterocycles. The number of urea groups is 1. The van der Waals surface area contributed by atoms with Crippen LogP contribution in [0.4, 0.5) is 10.5 Å². The average Bonchev–Trinajstić information content (AvgIpc) is 3.32. The smallest absolute Gasteiger partial charge is 0.307 e. The predicted octanol–water partition coefficient (Wildman–Crippen LogP) is 3.50. The van der Waals surface area contributed by atoms with E-state index in [0.717, 1.165) is 75.6 Å². The molecule has 2 N–H and O–H groups in total.